The molecule has 2 fully saturated rings. The lowest BCUT2D eigenvalue weighted by Gasteiger charge is -2.35. The molecule has 0 unspecified atom stereocenters. The van der Waals surface area contributed by atoms with E-state index in [9.17, 15) is 0 Å². The molecule has 2 aliphatic rings. The van der Waals surface area contributed by atoms with Gasteiger partial charge in [-0.3, -0.25) is 9.97 Å². The average molecular weight is 381 g/mol. The second-order valence-corrected chi connectivity index (χ2v) is 7.17. The summed E-state index contributed by atoms with van der Waals surface area (Å²) in [5.41, 5.74) is 0. The maximum Gasteiger partial charge on any atom is 0.149 e. The van der Waals surface area contributed by atoms with Crippen molar-refractivity contribution in [1.82, 2.24) is 19.9 Å². The third-order valence-electron chi connectivity index (χ3n) is 4.64. The molecule has 0 aliphatic heterocycles. The van der Waals surface area contributed by atoms with Gasteiger partial charge in [-0.25, -0.2) is 9.97 Å². The third-order valence-corrected chi connectivity index (χ3v) is 5.00. The Morgan fingerprint density at radius 3 is 2.08 bits per heavy atom. The molecule has 2 aromatic heterocycles. The van der Waals surface area contributed by atoms with Gasteiger partial charge in [0.1, 0.15) is 21.9 Å². The summed E-state index contributed by atoms with van der Waals surface area (Å²) in [7, 11) is 2.05. The van der Waals surface area contributed by atoms with Crippen LogP contribution in [0.15, 0.2) is 24.8 Å². The molecule has 0 amide bonds. The van der Waals surface area contributed by atoms with Crippen molar-refractivity contribution < 1.29 is 0 Å². The standard InChI is InChI=1S/C9H12ClN3.C8H10ClN3/c1-13(7-3-2-4-7)9-6-11-5-8(10)12-9;9-7-4-10-5-8(12-7)11-6-2-1-3-6/h5-7H,2-4H2,1H3;4-6H,1-3H2,(H,11,12). The molecule has 2 aliphatic carbocycles. The molecule has 2 aromatic rings. The highest BCUT2D eigenvalue weighted by Crippen LogP contribution is 2.27. The molecule has 0 aromatic carbocycles. The van der Waals surface area contributed by atoms with E-state index >= 15 is 0 Å². The van der Waals surface area contributed by atoms with Crippen molar-refractivity contribution in [2.45, 2.75) is 50.6 Å². The van der Waals surface area contributed by atoms with E-state index in [1.165, 1.54) is 44.7 Å². The molecule has 25 heavy (non-hydrogen) atoms. The molecule has 6 nitrogen and oxygen atoms in total. The van der Waals surface area contributed by atoms with Gasteiger partial charge in [0, 0.05) is 19.1 Å². The predicted molar refractivity (Wildman–Crippen MR) is 101 cm³/mol. The van der Waals surface area contributed by atoms with E-state index in [-0.39, 0.29) is 0 Å². The molecule has 1 N–H and O–H groups in total. The van der Waals surface area contributed by atoms with Gasteiger partial charge in [0.2, 0.25) is 0 Å². The maximum atomic E-state index is 5.75. The topological polar surface area (TPSA) is 66.8 Å². The second kappa shape index (κ2) is 8.63. The van der Waals surface area contributed by atoms with Crippen LogP contribution in [0.2, 0.25) is 10.3 Å². The summed E-state index contributed by atoms with van der Waals surface area (Å²) in [4.78, 5) is 18.4. The molecule has 8 heteroatoms. The summed E-state index contributed by atoms with van der Waals surface area (Å²) >= 11 is 11.4. The molecule has 2 saturated carbocycles. The molecule has 2 heterocycles. The summed E-state index contributed by atoms with van der Waals surface area (Å²) in [6.45, 7) is 0. The summed E-state index contributed by atoms with van der Waals surface area (Å²) in [5.74, 6) is 1.66. The Labute approximate surface area is 158 Å². The first-order chi connectivity index (χ1) is 12.1. The minimum absolute atomic E-state index is 0.444. The lowest BCUT2D eigenvalue weighted by molar-refractivity contribution is 0.399. The zero-order chi connectivity index (χ0) is 17.6. The summed E-state index contributed by atoms with van der Waals surface area (Å²) in [6.07, 6.45) is 14.1. The van der Waals surface area contributed by atoms with Crippen molar-refractivity contribution in [3.8, 4) is 0 Å². The molecule has 0 bridgehead atoms. The van der Waals surface area contributed by atoms with Crippen molar-refractivity contribution in [3.05, 3.63) is 35.1 Å². The lowest BCUT2D eigenvalue weighted by Crippen LogP contribution is -2.37. The Bertz CT molecular complexity index is 690. The molecule has 0 saturated heterocycles. The van der Waals surface area contributed by atoms with Crippen LogP contribution in [-0.4, -0.2) is 39.1 Å². The number of anilines is 2. The van der Waals surface area contributed by atoms with E-state index in [0.717, 1.165) is 11.6 Å². The zero-order valence-corrected chi connectivity index (χ0v) is 15.7. The van der Waals surface area contributed by atoms with E-state index in [4.69, 9.17) is 23.2 Å². The number of aromatic nitrogens is 4. The number of halogens is 2. The Morgan fingerprint density at radius 2 is 1.56 bits per heavy atom. The van der Waals surface area contributed by atoms with Gasteiger partial charge in [-0.05, 0) is 38.5 Å². The van der Waals surface area contributed by atoms with Gasteiger partial charge in [0.25, 0.3) is 0 Å². The van der Waals surface area contributed by atoms with Crippen LogP contribution in [0.5, 0.6) is 0 Å². The third kappa shape index (κ3) is 5.16. The van der Waals surface area contributed by atoms with Crippen LogP contribution >= 0.6 is 23.2 Å². The first-order valence-corrected chi connectivity index (χ1v) is 9.32. The van der Waals surface area contributed by atoms with E-state index in [1.807, 2.05) is 7.05 Å². The van der Waals surface area contributed by atoms with Crippen LogP contribution in [0, 0.1) is 0 Å². The fourth-order valence-electron chi connectivity index (χ4n) is 2.64. The SMILES string of the molecule is CN(c1cncc(Cl)n1)C1CCC1.Clc1cncc(NC2CCC2)n1. The number of hydrogen-bond acceptors (Lipinski definition) is 6. The first kappa shape index (κ1) is 18.1. The van der Waals surface area contributed by atoms with Gasteiger partial charge in [0.15, 0.2) is 0 Å². The van der Waals surface area contributed by atoms with E-state index in [0.29, 0.717) is 22.4 Å². The minimum Gasteiger partial charge on any atom is -0.366 e. The fraction of sp³-hybridized carbons (Fsp3) is 0.529. The Kier molecular flexibility index (Phi) is 6.26. The molecule has 134 valence electrons. The van der Waals surface area contributed by atoms with Crippen LogP contribution in [-0.2, 0) is 0 Å². The lowest BCUT2D eigenvalue weighted by atomic mass is 9.92. The number of hydrogen-bond donors (Lipinski definition) is 1. The maximum absolute atomic E-state index is 5.75. The minimum atomic E-state index is 0.444. The highest BCUT2D eigenvalue weighted by atomic mass is 35.5. The highest BCUT2D eigenvalue weighted by Gasteiger charge is 2.23. The van der Waals surface area contributed by atoms with E-state index < -0.39 is 0 Å². The van der Waals surface area contributed by atoms with E-state index in [1.54, 1.807) is 18.6 Å². The van der Waals surface area contributed by atoms with Gasteiger partial charge >= 0.3 is 0 Å². The van der Waals surface area contributed by atoms with Crippen LogP contribution in [0.25, 0.3) is 0 Å². The Morgan fingerprint density at radius 1 is 0.920 bits per heavy atom. The van der Waals surface area contributed by atoms with Crippen LogP contribution in [0.3, 0.4) is 0 Å². The molecular formula is C17H22Cl2N6. The highest BCUT2D eigenvalue weighted by molar-refractivity contribution is 6.29. The smallest absolute Gasteiger partial charge is 0.149 e. The second-order valence-electron chi connectivity index (χ2n) is 6.39. The number of rotatable bonds is 4. The van der Waals surface area contributed by atoms with Crippen LogP contribution in [0.1, 0.15) is 38.5 Å². The number of nitrogens with zero attached hydrogens (tertiary/aromatic N) is 5. The molecule has 0 spiro atoms. The number of nitrogens with one attached hydrogen (secondary N) is 1. The molecule has 0 atom stereocenters. The largest absolute Gasteiger partial charge is 0.366 e. The van der Waals surface area contributed by atoms with Crippen LogP contribution < -0.4 is 10.2 Å². The quantitative estimate of drug-likeness (QED) is 0.856. The van der Waals surface area contributed by atoms with Gasteiger partial charge in [0.05, 0.1) is 24.8 Å². The molecule has 0 radical (unpaired) electrons. The van der Waals surface area contributed by atoms with Gasteiger partial charge in [-0.1, -0.05) is 23.2 Å². The van der Waals surface area contributed by atoms with Crippen molar-refractivity contribution in [1.29, 1.82) is 0 Å². The molecule has 4 rings (SSSR count). The van der Waals surface area contributed by atoms with Crippen molar-refractivity contribution in [2.24, 2.45) is 0 Å². The summed E-state index contributed by atoms with van der Waals surface area (Å²) < 4.78 is 0. The summed E-state index contributed by atoms with van der Waals surface area (Å²) in [6, 6.07) is 1.21. The van der Waals surface area contributed by atoms with Crippen molar-refractivity contribution >= 4 is 34.8 Å². The average Bonchev–Trinajstić information content (AvgIpc) is 2.50. The Balaban J connectivity index is 0.000000146. The molecular weight excluding hydrogens is 359 g/mol. The van der Waals surface area contributed by atoms with Crippen molar-refractivity contribution in [3.63, 3.8) is 0 Å². The van der Waals surface area contributed by atoms with Gasteiger partial charge in [-0.15, -0.1) is 0 Å². The predicted octanol–water partition coefficient (Wildman–Crippen LogP) is 4.21. The summed E-state index contributed by atoms with van der Waals surface area (Å²) in [5, 5.41) is 4.17. The van der Waals surface area contributed by atoms with Gasteiger partial charge in [-0.2, -0.15) is 0 Å². The van der Waals surface area contributed by atoms with Crippen LogP contribution in [0.4, 0.5) is 11.6 Å². The monoisotopic (exact) mass is 380 g/mol. The van der Waals surface area contributed by atoms with E-state index in [2.05, 4.69) is 30.2 Å². The Hall–Kier alpha value is -1.66. The normalized spacial score (nSPS) is 16.9. The zero-order valence-electron chi connectivity index (χ0n) is 14.2. The fourth-order valence-corrected chi connectivity index (χ4v) is 2.93. The first-order valence-electron chi connectivity index (χ1n) is 8.56. The van der Waals surface area contributed by atoms with Crippen molar-refractivity contribution in [2.75, 3.05) is 17.3 Å². The van der Waals surface area contributed by atoms with Gasteiger partial charge < -0.3 is 10.2 Å².